The van der Waals surface area contributed by atoms with E-state index in [2.05, 4.69) is 0 Å². The maximum absolute atomic E-state index is 13.8. The van der Waals surface area contributed by atoms with Crippen molar-refractivity contribution in [3.8, 4) is 5.75 Å². The highest BCUT2D eigenvalue weighted by atomic mass is 19.1. The Morgan fingerprint density at radius 3 is 2.46 bits per heavy atom. The smallest absolute Gasteiger partial charge is 0.223 e. The summed E-state index contributed by atoms with van der Waals surface area (Å²) in [7, 11) is 0. The molecule has 1 heterocycles. The number of benzene rings is 1. The first kappa shape index (κ1) is 18.4. The lowest BCUT2D eigenvalue weighted by Crippen LogP contribution is -2.57. The number of nitrogens with zero attached hydrogens (tertiary/aromatic N) is 1. The molecular weight excluding hydrogens is 357 g/mol. The maximum Gasteiger partial charge on any atom is 0.223 e. The summed E-state index contributed by atoms with van der Waals surface area (Å²) in [6.45, 7) is 1.34. The number of carbonyl (C=O) groups excluding carboxylic acids is 1. The Morgan fingerprint density at radius 2 is 1.82 bits per heavy atom. The predicted octanol–water partition coefficient (Wildman–Crippen LogP) is 3.92. The van der Waals surface area contributed by atoms with Crippen molar-refractivity contribution in [1.29, 1.82) is 0 Å². The third-order valence-electron chi connectivity index (χ3n) is 7.60. The van der Waals surface area contributed by atoms with Gasteiger partial charge in [-0.15, -0.1) is 0 Å². The second kappa shape index (κ2) is 6.72. The number of likely N-dealkylation sites (tertiary alicyclic amines) is 1. The number of piperidine rings is 1. The van der Waals surface area contributed by atoms with Crippen LogP contribution in [0.25, 0.3) is 0 Å². The van der Waals surface area contributed by atoms with E-state index in [0.29, 0.717) is 37.1 Å². The minimum absolute atomic E-state index is 0.0242. The third kappa shape index (κ3) is 3.42. The molecule has 4 nitrogen and oxygen atoms in total. The number of amides is 1. The molecule has 5 heteroatoms. The second-order valence-corrected chi connectivity index (χ2v) is 9.99. The van der Waals surface area contributed by atoms with Crippen LogP contribution in [-0.4, -0.2) is 40.7 Å². The molecule has 1 amide bonds. The van der Waals surface area contributed by atoms with Gasteiger partial charge in [0.05, 0.1) is 5.60 Å². The zero-order chi connectivity index (χ0) is 19.4. The van der Waals surface area contributed by atoms with Crippen LogP contribution in [0.2, 0.25) is 0 Å². The monoisotopic (exact) mass is 387 g/mol. The molecule has 4 bridgehead atoms. The molecule has 1 aromatic rings. The van der Waals surface area contributed by atoms with Gasteiger partial charge >= 0.3 is 0 Å². The Hall–Kier alpha value is -1.62. The van der Waals surface area contributed by atoms with E-state index in [-0.39, 0.29) is 23.2 Å². The molecule has 2 atom stereocenters. The fraction of sp³-hybridized carbons (Fsp3) is 0.696. The van der Waals surface area contributed by atoms with Crippen LogP contribution < -0.4 is 4.74 Å². The Labute approximate surface area is 166 Å². The van der Waals surface area contributed by atoms with Crippen molar-refractivity contribution in [1.82, 2.24) is 4.90 Å². The molecular formula is C23H30FNO3. The minimum atomic E-state index is -0.509. The maximum atomic E-state index is 13.8. The van der Waals surface area contributed by atoms with Gasteiger partial charge in [0.15, 0.2) is 11.6 Å². The lowest BCUT2D eigenvalue weighted by molar-refractivity contribution is -0.172. The first-order valence-electron chi connectivity index (χ1n) is 10.8. The van der Waals surface area contributed by atoms with Crippen LogP contribution in [0, 0.1) is 23.1 Å². The van der Waals surface area contributed by atoms with Crippen molar-refractivity contribution < 1.29 is 19.0 Å². The van der Waals surface area contributed by atoms with E-state index in [1.54, 1.807) is 18.2 Å². The van der Waals surface area contributed by atoms with Crippen LogP contribution in [0.3, 0.4) is 0 Å². The molecule has 1 saturated heterocycles. The summed E-state index contributed by atoms with van der Waals surface area (Å²) >= 11 is 0. The van der Waals surface area contributed by atoms with E-state index in [9.17, 15) is 14.3 Å². The normalized spacial score (nSPS) is 37.3. The number of ether oxygens (including phenoxy) is 1. The lowest BCUT2D eigenvalue weighted by Gasteiger charge is -2.60. The van der Waals surface area contributed by atoms with E-state index < -0.39 is 5.60 Å². The Morgan fingerprint density at radius 1 is 1.14 bits per heavy atom. The first-order chi connectivity index (χ1) is 13.4. The molecule has 4 saturated carbocycles. The van der Waals surface area contributed by atoms with Crippen molar-refractivity contribution in [2.45, 2.75) is 69.5 Å². The first-order valence-corrected chi connectivity index (χ1v) is 10.8. The highest BCUT2D eigenvalue weighted by Crippen LogP contribution is 2.62. The summed E-state index contributed by atoms with van der Waals surface area (Å²) in [5, 5.41) is 10.9. The third-order valence-corrected chi connectivity index (χ3v) is 7.60. The summed E-state index contributed by atoms with van der Waals surface area (Å²) in [6.07, 6.45) is 8.20. The summed E-state index contributed by atoms with van der Waals surface area (Å²) in [5.41, 5.74) is -0.485. The fourth-order valence-corrected chi connectivity index (χ4v) is 6.98. The Balaban J connectivity index is 1.17. The van der Waals surface area contributed by atoms with E-state index in [1.807, 2.05) is 4.90 Å². The van der Waals surface area contributed by atoms with Crippen molar-refractivity contribution in [2.24, 2.45) is 17.3 Å². The molecule has 0 radical (unpaired) electrons. The van der Waals surface area contributed by atoms with Gasteiger partial charge in [0, 0.05) is 32.4 Å². The SMILES string of the molecule is O=C(CC12C[C@H]3C[C@@H](CC(O)(C3)C1)C2)N1CCC(Oc2ccccc2F)CC1. The standard InChI is InChI=1S/C23H30FNO3/c24-19-3-1-2-4-20(19)28-18-5-7-25(8-6-18)21(26)14-22-10-16-9-17(11-22)13-23(27,12-16)15-22/h1-4,16-18,27H,5-15H2/t16-,17-,22?,23?/m1/s1. The van der Waals surface area contributed by atoms with Crippen LogP contribution in [0.1, 0.15) is 57.8 Å². The Bertz CT molecular complexity index is 744. The topological polar surface area (TPSA) is 49.8 Å². The number of halogens is 1. The lowest BCUT2D eigenvalue weighted by atomic mass is 9.47. The van der Waals surface area contributed by atoms with Crippen LogP contribution in [0.4, 0.5) is 4.39 Å². The molecule has 1 aromatic carbocycles. The summed E-state index contributed by atoms with van der Waals surface area (Å²) in [4.78, 5) is 15.0. The molecule has 5 fully saturated rings. The largest absolute Gasteiger partial charge is 0.487 e. The molecule has 28 heavy (non-hydrogen) atoms. The van der Waals surface area contributed by atoms with E-state index in [4.69, 9.17) is 4.74 Å². The van der Waals surface area contributed by atoms with Gasteiger partial charge in [0.25, 0.3) is 0 Å². The van der Waals surface area contributed by atoms with Gasteiger partial charge in [-0.3, -0.25) is 4.79 Å². The summed E-state index contributed by atoms with van der Waals surface area (Å²) in [6, 6.07) is 6.50. The van der Waals surface area contributed by atoms with Crippen LogP contribution >= 0.6 is 0 Å². The van der Waals surface area contributed by atoms with Crippen LogP contribution in [0.15, 0.2) is 24.3 Å². The molecule has 1 aliphatic heterocycles. The van der Waals surface area contributed by atoms with E-state index >= 15 is 0 Å². The van der Waals surface area contributed by atoms with Gasteiger partial charge in [0.2, 0.25) is 5.91 Å². The zero-order valence-corrected chi connectivity index (χ0v) is 16.4. The van der Waals surface area contributed by atoms with Crippen molar-refractivity contribution in [3.05, 3.63) is 30.1 Å². The molecule has 6 rings (SSSR count). The van der Waals surface area contributed by atoms with Crippen molar-refractivity contribution >= 4 is 5.91 Å². The van der Waals surface area contributed by atoms with Gasteiger partial charge < -0.3 is 14.7 Å². The van der Waals surface area contributed by atoms with Gasteiger partial charge in [0.1, 0.15) is 6.10 Å². The molecule has 1 N–H and O–H groups in total. The number of hydrogen-bond acceptors (Lipinski definition) is 3. The number of para-hydroxylation sites is 1. The highest BCUT2D eigenvalue weighted by Gasteiger charge is 2.57. The zero-order valence-electron chi connectivity index (χ0n) is 16.4. The van der Waals surface area contributed by atoms with E-state index in [1.165, 1.54) is 12.5 Å². The number of aliphatic hydroxyl groups is 1. The number of rotatable bonds is 4. The van der Waals surface area contributed by atoms with Gasteiger partial charge in [-0.2, -0.15) is 0 Å². The molecule has 0 aromatic heterocycles. The number of hydrogen-bond donors (Lipinski definition) is 1. The van der Waals surface area contributed by atoms with Crippen LogP contribution in [0.5, 0.6) is 5.75 Å². The highest BCUT2D eigenvalue weighted by molar-refractivity contribution is 5.77. The van der Waals surface area contributed by atoms with Gasteiger partial charge in [-0.25, -0.2) is 4.39 Å². The van der Waals surface area contributed by atoms with Gasteiger partial charge in [-0.1, -0.05) is 12.1 Å². The Kier molecular flexibility index (Phi) is 4.42. The molecule has 4 aliphatic carbocycles. The quantitative estimate of drug-likeness (QED) is 0.852. The molecule has 0 spiro atoms. The molecule has 0 unspecified atom stereocenters. The van der Waals surface area contributed by atoms with Gasteiger partial charge in [-0.05, 0) is 67.9 Å². The average molecular weight is 387 g/mol. The molecule has 5 aliphatic rings. The second-order valence-electron chi connectivity index (χ2n) is 9.99. The van der Waals surface area contributed by atoms with Crippen LogP contribution in [-0.2, 0) is 4.79 Å². The van der Waals surface area contributed by atoms with Crippen molar-refractivity contribution in [2.75, 3.05) is 13.1 Å². The summed E-state index contributed by atoms with van der Waals surface area (Å²) < 4.78 is 19.6. The average Bonchev–Trinajstić information content (AvgIpc) is 2.62. The minimum Gasteiger partial charge on any atom is -0.487 e. The summed E-state index contributed by atoms with van der Waals surface area (Å²) in [5.74, 6) is 1.42. The fourth-order valence-electron chi connectivity index (χ4n) is 6.98. The van der Waals surface area contributed by atoms with Crippen molar-refractivity contribution in [3.63, 3.8) is 0 Å². The van der Waals surface area contributed by atoms with E-state index in [0.717, 1.165) is 44.9 Å². The predicted molar refractivity (Wildman–Crippen MR) is 103 cm³/mol. The number of carbonyl (C=O) groups is 1. The molecule has 152 valence electrons.